The van der Waals surface area contributed by atoms with Crippen molar-refractivity contribution < 1.29 is 9.53 Å². The van der Waals surface area contributed by atoms with E-state index in [2.05, 4.69) is 10.3 Å². The normalized spacial score (nSPS) is 14.6. The molecule has 0 spiro atoms. The summed E-state index contributed by atoms with van der Waals surface area (Å²) in [5.41, 5.74) is 3.42. The van der Waals surface area contributed by atoms with Crippen LogP contribution in [0, 0.1) is 13.8 Å². The Hall–Kier alpha value is -3.12. The number of fused-ring (bicyclic) bond motifs is 1. The van der Waals surface area contributed by atoms with Gasteiger partial charge in [0.15, 0.2) is 11.6 Å². The van der Waals surface area contributed by atoms with Crippen molar-refractivity contribution in [2.24, 2.45) is 0 Å². The van der Waals surface area contributed by atoms with Gasteiger partial charge in [-0.25, -0.2) is 9.78 Å². The Kier molecular flexibility index (Phi) is 5.12. The highest BCUT2D eigenvalue weighted by Crippen LogP contribution is 2.37. The average molecular weight is 423 g/mol. The molecule has 7 heteroatoms. The quantitative estimate of drug-likeness (QED) is 0.581. The lowest BCUT2D eigenvalue weighted by Crippen LogP contribution is -2.51. The van der Waals surface area contributed by atoms with Gasteiger partial charge in [-0.05, 0) is 64.1 Å². The number of pyridine rings is 2. The van der Waals surface area contributed by atoms with Crippen molar-refractivity contribution in [2.45, 2.75) is 33.3 Å². The Bertz CT molecular complexity index is 1110. The first-order valence-electron chi connectivity index (χ1n) is 9.70. The molecule has 0 fully saturated rings. The van der Waals surface area contributed by atoms with Crippen molar-refractivity contribution in [1.82, 2.24) is 9.97 Å². The molecule has 2 aromatic heterocycles. The van der Waals surface area contributed by atoms with Gasteiger partial charge in [0.25, 0.3) is 0 Å². The first-order chi connectivity index (χ1) is 14.2. The van der Waals surface area contributed by atoms with Gasteiger partial charge in [0.05, 0.1) is 12.2 Å². The lowest BCUT2D eigenvalue weighted by atomic mass is 10.1. The molecule has 3 aromatic rings. The fourth-order valence-electron chi connectivity index (χ4n) is 3.57. The molecule has 1 aliphatic heterocycles. The first-order valence-corrected chi connectivity index (χ1v) is 10.1. The number of hydrogen-bond acceptors (Lipinski definition) is 4. The summed E-state index contributed by atoms with van der Waals surface area (Å²) >= 11 is 6.14. The van der Waals surface area contributed by atoms with E-state index in [-0.39, 0.29) is 6.03 Å². The van der Waals surface area contributed by atoms with Crippen LogP contribution in [0.15, 0.2) is 48.5 Å². The molecule has 0 saturated heterocycles. The fraction of sp³-hybridized carbons (Fsp3) is 0.261. The predicted molar refractivity (Wildman–Crippen MR) is 119 cm³/mol. The molecule has 1 N–H and O–H groups in total. The molecule has 1 aliphatic rings. The number of ether oxygens (including phenoxy) is 1. The maximum absolute atomic E-state index is 13.2. The number of nitrogens with one attached hydrogen (secondary N) is 1. The number of anilines is 2. The molecule has 2 amide bonds. The molecule has 0 atom stereocenters. The van der Waals surface area contributed by atoms with Crippen LogP contribution in [0.25, 0.3) is 11.3 Å². The molecule has 1 aromatic carbocycles. The number of amides is 2. The van der Waals surface area contributed by atoms with Crippen molar-refractivity contribution in [3.63, 3.8) is 0 Å². The monoisotopic (exact) mass is 422 g/mol. The number of urea groups is 1. The maximum atomic E-state index is 13.2. The van der Waals surface area contributed by atoms with Gasteiger partial charge in [0.1, 0.15) is 5.60 Å². The van der Waals surface area contributed by atoms with Gasteiger partial charge in [-0.1, -0.05) is 23.7 Å². The highest BCUT2D eigenvalue weighted by atomic mass is 35.5. The highest BCUT2D eigenvalue weighted by molar-refractivity contribution is 6.30. The highest BCUT2D eigenvalue weighted by Gasteiger charge is 2.36. The van der Waals surface area contributed by atoms with Crippen LogP contribution in [-0.4, -0.2) is 28.1 Å². The number of aromatic nitrogens is 2. The summed E-state index contributed by atoms with van der Waals surface area (Å²) in [6.07, 6.45) is 0. The largest absolute Gasteiger partial charge is 0.482 e. The van der Waals surface area contributed by atoms with Gasteiger partial charge in [-0.15, -0.1) is 0 Å². The Morgan fingerprint density at radius 1 is 1.10 bits per heavy atom. The second kappa shape index (κ2) is 7.61. The molecule has 0 bridgehead atoms. The van der Waals surface area contributed by atoms with Gasteiger partial charge in [-0.2, -0.15) is 0 Å². The molecule has 0 saturated carbocycles. The molecular formula is C23H23ClN4O2. The number of carbonyl (C=O) groups is 1. The zero-order valence-corrected chi connectivity index (χ0v) is 18.1. The summed E-state index contributed by atoms with van der Waals surface area (Å²) in [5, 5.41) is 3.60. The van der Waals surface area contributed by atoms with Crippen LogP contribution in [0.2, 0.25) is 5.02 Å². The molecule has 4 rings (SSSR count). The lowest BCUT2D eigenvalue weighted by molar-refractivity contribution is 0.106. The number of halogens is 1. The Morgan fingerprint density at radius 3 is 2.53 bits per heavy atom. The molecule has 6 nitrogen and oxygen atoms in total. The molecule has 0 radical (unpaired) electrons. The Morgan fingerprint density at radius 2 is 1.83 bits per heavy atom. The van der Waals surface area contributed by atoms with E-state index in [1.807, 2.05) is 76.2 Å². The molecule has 154 valence electrons. The van der Waals surface area contributed by atoms with Crippen LogP contribution >= 0.6 is 11.6 Å². The minimum Gasteiger partial charge on any atom is -0.482 e. The van der Waals surface area contributed by atoms with Crippen LogP contribution in [0.3, 0.4) is 0 Å². The van der Waals surface area contributed by atoms with Crippen molar-refractivity contribution >= 4 is 29.1 Å². The standard InChI is InChI=1S/C23H23ClN4O2/c1-14-10-18(11-15(2)25-14)26-22(29)28-13-23(3,4)30-20-9-8-19(27-21(20)28)16-6-5-7-17(24)12-16/h5-12H,13H2,1-4H3,(H,25,26,29). The van der Waals surface area contributed by atoms with Crippen LogP contribution in [-0.2, 0) is 0 Å². The van der Waals surface area contributed by atoms with Crippen molar-refractivity contribution in [1.29, 1.82) is 0 Å². The zero-order chi connectivity index (χ0) is 21.5. The zero-order valence-electron chi connectivity index (χ0n) is 17.4. The molecule has 30 heavy (non-hydrogen) atoms. The number of aryl methyl sites for hydroxylation is 2. The summed E-state index contributed by atoms with van der Waals surface area (Å²) in [7, 11) is 0. The number of rotatable bonds is 2. The van der Waals surface area contributed by atoms with Crippen LogP contribution in [0.1, 0.15) is 25.2 Å². The fourth-order valence-corrected chi connectivity index (χ4v) is 3.76. The van der Waals surface area contributed by atoms with E-state index in [0.717, 1.165) is 17.0 Å². The van der Waals surface area contributed by atoms with Gasteiger partial charge < -0.3 is 10.1 Å². The first kappa shape index (κ1) is 20.2. The Balaban J connectivity index is 1.71. The lowest BCUT2D eigenvalue weighted by Gasteiger charge is -2.38. The van der Waals surface area contributed by atoms with Gasteiger partial charge in [-0.3, -0.25) is 9.88 Å². The summed E-state index contributed by atoms with van der Waals surface area (Å²) in [5.74, 6) is 1.04. The van der Waals surface area contributed by atoms with Crippen LogP contribution in [0.4, 0.5) is 16.3 Å². The summed E-state index contributed by atoms with van der Waals surface area (Å²) < 4.78 is 6.08. The molecular weight excluding hydrogens is 400 g/mol. The van der Waals surface area contributed by atoms with Crippen LogP contribution in [0.5, 0.6) is 5.75 Å². The third-order valence-corrected chi connectivity index (χ3v) is 4.95. The average Bonchev–Trinajstić information content (AvgIpc) is 2.65. The van der Waals surface area contributed by atoms with E-state index in [0.29, 0.717) is 34.5 Å². The van der Waals surface area contributed by atoms with Crippen molar-refractivity contribution in [2.75, 3.05) is 16.8 Å². The predicted octanol–water partition coefficient (Wildman–Crippen LogP) is 5.62. The van der Waals surface area contributed by atoms with Crippen molar-refractivity contribution in [3.8, 4) is 17.0 Å². The second-order valence-electron chi connectivity index (χ2n) is 8.05. The molecule has 3 heterocycles. The van der Waals surface area contributed by atoms with E-state index in [9.17, 15) is 4.79 Å². The second-order valence-corrected chi connectivity index (χ2v) is 8.48. The minimum absolute atomic E-state index is 0.270. The number of benzene rings is 1. The SMILES string of the molecule is Cc1cc(NC(=O)N2CC(C)(C)Oc3ccc(-c4cccc(Cl)c4)nc32)cc(C)n1. The summed E-state index contributed by atoms with van der Waals surface area (Å²) in [4.78, 5) is 23.9. The topological polar surface area (TPSA) is 67.4 Å². The number of hydrogen-bond donors (Lipinski definition) is 1. The van der Waals surface area contributed by atoms with Gasteiger partial charge >= 0.3 is 6.03 Å². The van der Waals surface area contributed by atoms with E-state index < -0.39 is 5.60 Å². The maximum Gasteiger partial charge on any atom is 0.327 e. The number of carbonyl (C=O) groups excluding carboxylic acids is 1. The van der Waals surface area contributed by atoms with E-state index >= 15 is 0 Å². The Labute approximate surface area is 180 Å². The van der Waals surface area contributed by atoms with Crippen molar-refractivity contribution in [3.05, 3.63) is 64.9 Å². The summed E-state index contributed by atoms with van der Waals surface area (Å²) in [6, 6.07) is 14.6. The molecule has 0 aliphatic carbocycles. The van der Waals surface area contributed by atoms with E-state index in [1.165, 1.54) is 0 Å². The third-order valence-electron chi connectivity index (χ3n) is 4.72. The third kappa shape index (κ3) is 4.24. The van der Waals surface area contributed by atoms with Crippen LogP contribution < -0.4 is 15.0 Å². The molecule has 0 unspecified atom stereocenters. The van der Waals surface area contributed by atoms with Gasteiger partial charge in [0.2, 0.25) is 0 Å². The number of nitrogens with zero attached hydrogens (tertiary/aromatic N) is 3. The van der Waals surface area contributed by atoms with E-state index in [1.54, 1.807) is 4.90 Å². The smallest absolute Gasteiger partial charge is 0.327 e. The van der Waals surface area contributed by atoms with Gasteiger partial charge in [0, 0.05) is 27.7 Å². The summed E-state index contributed by atoms with van der Waals surface area (Å²) in [6.45, 7) is 8.05. The van der Waals surface area contributed by atoms with E-state index in [4.69, 9.17) is 21.3 Å². The minimum atomic E-state index is -0.548.